The first kappa shape index (κ1) is 21.4. The van der Waals surface area contributed by atoms with Crippen LogP contribution in [-0.2, 0) is 4.79 Å². The second-order valence-corrected chi connectivity index (χ2v) is 10.4. The van der Waals surface area contributed by atoms with E-state index in [1.54, 1.807) is 18.2 Å². The van der Waals surface area contributed by atoms with Crippen molar-refractivity contribution in [2.75, 3.05) is 0 Å². The summed E-state index contributed by atoms with van der Waals surface area (Å²) >= 11 is 0. The molecule has 7 atom stereocenters. The summed E-state index contributed by atoms with van der Waals surface area (Å²) in [7, 11) is 0. The molecule has 0 heterocycles. The topological polar surface area (TPSA) is 29.1 Å². The molecule has 0 spiro atoms. The average molecular weight is 384 g/mol. The number of carbonyl (C=O) groups is 1. The fourth-order valence-electron chi connectivity index (χ4n) is 7.07. The number of hydrogen-bond donors (Lipinski definition) is 1. The lowest BCUT2D eigenvalue weighted by atomic mass is 9.44. The van der Waals surface area contributed by atoms with E-state index in [1.807, 2.05) is 0 Å². The van der Waals surface area contributed by atoms with E-state index in [2.05, 4.69) is 46.2 Å². The highest BCUT2D eigenvalue weighted by atomic mass is 16.1. The Kier molecular flexibility index (Phi) is 6.27. The standard InChI is InChI=1S/C26H41NO/c1-7-10-19(8-2)24(28)27-21-13-16-26(6)20(17-21)11-12-22-18(4)25(5,9-3)15-14-23(22)26/h7-8,10,18,20-23H,1-2,9,11-17H2,3-6H3,(H,27,28)/b19-10+/t18?,20?,21-,22?,23?,25+,26+/m1/s1. The lowest BCUT2D eigenvalue weighted by Crippen LogP contribution is -2.55. The molecule has 2 nitrogen and oxygen atoms in total. The van der Waals surface area contributed by atoms with E-state index in [9.17, 15) is 4.79 Å². The predicted molar refractivity (Wildman–Crippen MR) is 119 cm³/mol. The second kappa shape index (κ2) is 8.20. The molecule has 3 fully saturated rings. The highest BCUT2D eigenvalue weighted by molar-refractivity contribution is 5.96. The van der Waals surface area contributed by atoms with Gasteiger partial charge in [0.25, 0.3) is 5.91 Å². The van der Waals surface area contributed by atoms with Gasteiger partial charge in [0.15, 0.2) is 0 Å². The molecule has 0 aliphatic heterocycles. The molecular formula is C26H41NO. The van der Waals surface area contributed by atoms with Crippen LogP contribution in [0.15, 0.2) is 37.0 Å². The molecule has 156 valence electrons. The maximum Gasteiger partial charge on any atom is 0.251 e. The van der Waals surface area contributed by atoms with E-state index in [-0.39, 0.29) is 5.91 Å². The summed E-state index contributed by atoms with van der Waals surface area (Å²) in [5.41, 5.74) is 1.62. The molecule has 1 N–H and O–H groups in total. The van der Waals surface area contributed by atoms with E-state index in [0.717, 1.165) is 36.5 Å². The van der Waals surface area contributed by atoms with Gasteiger partial charge in [-0.05, 0) is 79.4 Å². The zero-order valence-electron chi connectivity index (χ0n) is 18.6. The number of hydrogen-bond acceptors (Lipinski definition) is 1. The summed E-state index contributed by atoms with van der Waals surface area (Å²) in [6.07, 6.45) is 15.4. The molecule has 0 aromatic heterocycles. The molecule has 3 saturated carbocycles. The largest absolute Gasteiger partial charge is 0.349 e. The molecule has 0 aromatic carbocycles. The van der Waals surface area contributed by atoms with E-state index in [0.29, 0.717) is 22.4 Å². The van der Waals surface area contributed by atoms with E-state index in [4.69, 9.17) is 0 Å². The van der Waals surface area contributed by atoms with Gasteiger partial charge in [0.2, 0.25) is 0 Å². The number of allylic oxidation sites excluding steroid dienone is 2. The lowest BCUT2D eigenvalue weighted by Gasteiger charge is -2.61. The molecule has 0 bridgehead atoms. The monoisotopic (exact) mass is 383 g/mol. The Morgan fingerprint density at radius 1 is 1.14 bits per heavy atom. The van der Waals surface area contributed by atoms with Gasteiger partial charge in [-0.1, -0.05) is 65.5 Å². The molecular weight excluding hydrogens is 342 g/mol. The minimum absolute atomic E-state index is 0.00203. The summed E-state index contributed by atoms with van der Waals surface area (Å²) in [5.74, 6) is 3.37. The maximum atomic E-state index is 12.5. The third-order valence-electron chi connectivity index (χ3n) is 9.44. The first-order valence-electron chi connectivity index (χ1n) is 11.5. The Hall–Kier alpha value is -1.31. The smallest absolute Gasteiger partial charge is 0.251 e. The van der Waals surface area contributed by atoms with E-state index in [1.165, 1.54) is 38.5 Å². The Bertz CT molecular complexity index is 649. The van der Waals surface area contributed by atoms with Gasteiger partial charge < -0.3 is 5.32 Å². The Labute approximate surface area is 172 Å². The highest BCUT2D eigenvalue weighted by Crippen LogP contribution is 2.63. The quantitative estimate of drug-likeness (QED) is 0.429. The van der Waals surface area contributed by atoms with Gasteiger partial charge in [0, 0.05) is 11.6 Å². The van der Waals surface area contributed by atoms with Crippen molar-refractivity contribution in [3.8, 4) is 0 Å². The Morgan fingerprint density at radius 2 is 1.89 bits per heavy atom. The zero-order valence-corrected chi connectivity index (χ0v) is 18.6. The van der Waals surface area contributed by atoms with Gasteiger partial charge in [-0.25, -0.2) is 0 Å². The fraction of sp³-hybridized carbons (Fsp3) is 0.731. The fourth-order valence-corrected chi connectivity index (χ4v) is 7.07. The van der Waals surface area contributed by atoms with Crippen molar-refractivity contribution in [3.05, 3.63) is 37.0 Å². The summed E-state index contributed by atoms with van der Waals surface area (Å²) in [5, 5.41) is 3.28. The van der Waals surface area contributed by atoms with Crippen LogP contribution in [0.1, 0.15) is 79.1 Å². The van der Waals surface area contributed by atoms with Gasteiger partial charge in [-0.2, -0.15) is 0 Å². The van der Waals surface area contributed by atoms with E-state index < -0.39 is 0 Å². The molecule has 3 rings (SSSR count). The van der Waals surface area contributed by atoms with Crippen LogP contribution < -0.4 is 5.32 Å². The minimum Gasteiger partial charge on any atom is -0.349 e. The van der Waals surface area contributed by atoms with Crippen molar-refractivity contribution in [1.29, 1.82) is 0 Å². The third-order valence-corrected chi connectivity index (χ3v) is 9.44. The minimum atomic E-state index is 0.00203. The van der Waals surface area contributed by atoms with Crippen LogP contribution in [0, 0.1) is 34.5 Å². The molecule has 1 amide bonds. The van der Waals surface area contributed by atoms with Crippen molar-refractivity contribution >= 4 is 5.91 Å². The summed E-state index contributed by atoms with van der Waals surface area (Å²) in [6.45, 7) is 17.5. The van der Waals surface area contributed by atoms with Crippen LogP contribution in [0.5, 0.6) is 0 Å². The SMILES string of the molecule is C=C/C=C(\C=C)C(=O)N[C@@H]1CC[C@@]2(C)C(CCC3C(C)[C@@](C)(CC)CCC32)C1. The average Bonchev–Trinajstić information content (AvgIpc) is 2.69. The second-order valence-electron chi connectivity index (χ2n) is 10.4. The van der Waals surface area contributed by atoms with Crippen LogP contribution in [-0.4, -0.2) is 11.9 Å². The van der Waals surface area contributed by atoms with Crippen LogP contribution in [0.2, 0.25) is 0 Å². The number of rotatable bonds is 5. The predicted octanol–water partition coefficient (Wildman–Crippen LogP) is 6.45. The van der Waals surface area contributed by atoms with Gasteiger partial charge in [-0.3, -0.25) is 4.79 Å². The summed E-state index contributed by atoms with van der Waals surface area (Å²) < 4.78 is 0. The molecule has 3 aliphatic carbocycles. The van der Waals surface area contributed by atoms with Crippen molar-refractivity contribution in [2.24, 2.45) is 34.5 Å². The van der Waals surface area contributed by atoms with Gasteiger partial charge in [0.05, 0.1) is 0 Å². The molecule has 4 unspecified atom stereocenters. The first-order valence-corrected chi connectivity index (χ1v) is 11.5. The van der Waals surface area contributed by atoms with Crippen LogP contribution in [0.3, 0.4) is 0 Å². The molecule has 28 heavy (non-hydrogen) atoms. The molecule has 0 radical (unpaired) electrons. The van der Waals surface area contributed by atoms with Crippen molar-refractivity contribution in [3.63, 3.8) is 0 Å². The summed E-state index contributed by atoms with van der Waals surface area (Å²) in [6, 6.07) is 0.303. The van der Waals surface area contributed by atoms with E-state index >= 15 is 0 Å². The van der Waals surface area contributed by atoms with Crippen LogP contribution >= 0.6 is 0 Å². The van der Waals surface area contributed by atoms with Gasteiger partial charge in [-0.15, -0.1) is 0 Å². The molecule has 2 heteroatoms. The van der Waals surface area contributed by atoms with Crippen molar-refractivity contribution in [2.45, 2.75) is 85.1 Å². The maximum absolute atomic E-state index is 12.5. The summed E-state index contributed by atoms with van der Waals surface area (Å²) in [4.78, 5) is 12.5. The number of carbonyl (C=O) groups excluding carboxylic acids is 1. The molecule has 3 aliphatic rings. The normalized spacial score (nSPS) is 43.4. The number of amides is 1. The Balaban J connectivity index is 1.69. The van der Waals surface area contributed by atoms with Crippen LogP contribution in [0.25, 0.3) is 0 Å². The third kappa shape index (κ3) is 3.64. The number of nitrogens with one attached hydrogen (secondary N) is 1. The highest BCUT2D eigenvalue weighted by Gasteiger charge is 2.55. The number of fused-ring (bicyclic) bond motifs is 3. The first-order chi connectivity index (χ1) is 13.3. The zero-order chi connectivity index (χ0) is 20.5. The Morgan fingerprint density at radius 3 is 2.54 bits per heavy atom. The van der Waals surface area contributed by atoms with Gasteiger partial charge in [0.1, 0.15) is 0 Å². The van der Waals surface area contributed by atoms with Crippen molar-refractivity contribution in [1.82, 2.24) is 5.32 Å². The molecule has 0 saturated heterocycles. The van der Waals surface area contributed by atoms with Crippen LogP contribution in [0.4, 0.5) is 0 Å². The lowest BCUT2D eigenvalue weighted by molar-refractivity contribution is -0.123. The van der Waals surface area contributed by atoms with Gasteiger partial charge >= 0.3 is 0 Å². The van der Waals surface area contributed by atoms with Crippen molar-refractivity contribution < 1.29 is 4.79 Å². The molecule has 0 aromatic rings.